The number of aliphatic carboxylic acids is 1. The fraction of sp³-hybridized carbons (Fsp3) is 0.889. The zero-order chi connectivity index (χ0) is 17.6. The third-order valence-corrected chi connectivity index (χ3v) is 5.51. The number of hydrogen-bond donors (Lipinski definition) is 1. The SMILES string of the molecule is CCCCCCCCCCCCC(C)(SC(=S)OCC)C(=O)O. The number of thiocarbonyl (C=S) groups is 1. The Labute approximate surface area is 151 Å². The summed E-state index contributed by atoms with van der Waals surface area (Å²) < 4.78 is 4.69. The van der Waals surface area contributed by atoms with E-state index in [1.165, 1.54) is 63.1 Å². The maximum absolute atomic E-state index is 11.5. The lowest BCUT2D eigenvalue weighted by Gasteiger charge is -2.23. The molecule has 5 heteroatoms. The lowest BCUT2D eigenvalue weighted by molar-refractivity contribution is -0.139. The van der Waals surface area contributed by atoms with Gasteiger partial charge in [0.2, 0.25) is 4.38 Å². The fourth-order valence-corrected chi connectivity index (χ4v) is 4.03. The molecule has 0 aromatic heterocycles. The number of hydrogen-bond acceptors (Lipinski definition) is 4. The summed E-state index contributed by atoms with van der Waals surface area (Å²) >= 11 is 6.25. The minimum Gasteiger partial charge on any atom is -0.480 e. The molecule has 0 saturated heterocycles. The van der Waals surface area contributed by atoms with E-state index in [1.807, 2.05) is 6.92 Å². The van der Waals surface area contributed by atoms with Crippen LogP contribution in [-0.2, 0) is 9.53 Å². The molecule has 3 nitrogen and oxygen atoms in total. The minimum atomic E-state index is -0.869. The molecule has 0 heterocycles. The van der Waals surface area contributed by atoms with Crippen molar-refractivity contribution in [1.29, 1.82) is 0 Å². The van der Waals surface area contributed by atoms with Gasteiger partial charge in [0.1, 0.15) is 4.75 Å². The molecule has 0 aliphatic heterocycles. The molecule has 0 amide bonds. The highest BCUT2D eigenvalue weighted by Gasteiger charge is 2.35. The molecule has 0 rings (SSSR count). The highest BCUT2D eigenvalue weighted by Crippen LogP contribution is 2.33. The van der Waals surface area contributed by atoms with Crippen LogP contribution in [0, 0.1) is 0 Å². The number of unbranched alkanes of at least 4 members (excludes halogenated alkanes) is 9. The van der Waals surface area contributed by atoms with Crippen LogP contribution < -0.4 is 0 Å². The first-order chi connectivity index (χ1) is 11.0. The van der Waals surface area contributed by atoms with E-state index < -0.39 is 10.7 Å². The highest BCUT2D eigenvalue weighted by molar-refractivity contribution is 8.23. The van der Waals surface area contributed by atoms with Crippen LogP contribution in [0.15, 0.2) is 0 Å². The van der Waals surface area contributed by atoms with E-state index in [0.29, 0.717) is 17.4 Å². The highest BCUT2D eigenvalue weighted by atomic mass is 32.2. The van der Waals surface area contributed by atoms with Crippen molar-refractivity contribution in [2.45, 2.75) is 96.1 Å². The second-order valence-electron chi connectivity index (χ2n) is 6.25. The van der Waals surface area contributed by atoms with E-state index in [0.717, 1.165) is 12.8 Å². The summed E-state index contributed by atoms with van der Waals surface area (Å²) in [5.41, 5.74) is 0. The molecule has 0 aliphatic carbocycles. The molecule has 1 atom stereocenters. The number of carboxylic acid groups (broad SMARTS) is 1. The summed E-state index contributed by atoms with van der Waals surface area (Å²) in [4.78, 5) is 11.5. The summed E-state index contributed by atoms with van der Waals surface area (Å²) in [5, 5.41) is 9.46. The first-order valence-electron chi connectivity index (χ1n) is 9.05. The van der Waals surface area contributed by atoms with Gasteiger partial charge in [-0.05, 0) is 32.5 Å². The second kappa shape index (κ2) is 14.1. The normalized spacial score (nSPS) is 13.5. The third kappa shape index (κ3) is 11.8. The Morgan fingerprint density at radius 3 is 1.91 bits per heavy atom. The molecule has 136 valence electrons. The number of carboxylic acids is 1. The fourth-order valence-electron chi connectivity index (χ4n) is 2.48. The van der Waals surface area contributed by atoms with Crippen molar-refractivity contribution in [1.82, 2.24) is 0 Å². The average molecular weight is 363 g/mol. The monoisotopic (exact) mass is 362 g/mol. The molecule has 0 fully saturated rings. The second-order valence-corrected chi connectivity index (χ2v) is 8.36. The molecule has 0 aromatic carbocycles. The lowest BCUT2D eigenvalue weighted by Crippen LogP contribution is -2.33. The predicted molar refractivity (Wildman–Crippen MR) is 104 cm³/mol. The Balaban J connectivity index is 3.80. The number of rotatable bonds is 14. The maximum Gasteiger partial charge on any atom is 0.319 e. The molecule has 0 radical (unpaired) electrons. The Morgan fingerprint density at radius 1 is 1.00 bits per heavy atom. The quantitative estimate of drug-likeness (QED) is 0.294. The summed E-state index contributed by atoms with van der Waals surface area (Å²) in [6, 6.07) is 0. The molecule has 0 bridgehead atoms. The topological polar surface area (TPSA) is 46.5 Å². The Hall–Kier alpha value is -0.290. The van der Waals surface area contributed by atoms with Crippen molar-refractivity contribution in [3.63, 3.8) is 0 Å². The van der Waals surface area contributed by atoms with Crippen LogP contribution >= 0.6 is 24.0 Å². The number of ether oxygens (including phenoxy) is 1. The molecular weight excluding hydrogens is 328 g/mol. The van der Waals surface area contributed by atoms with Gasteiger partial charge in [0.15, 0.2) is 0 Å². The van der Waals surface area contributed by atoms with Gasteiger partial charge in [-0.15, -0.1) is 0 Å². The Morgan fingerprint density at radius 2 is 1.48 bits per heavy atom. The Bertz CT molecular complexity index is 334. The van der Waals surface area contributed by atoms with Gasteiger partial charge in [-0.25, -0.2) is 0 Å². The smallest absolute Gasteiger partial charge is 0.319 e. The van der Waals surface area contributed by atoms with Gasteiger partial charge in [0.05, 0.1) is 6.61 Å². The molecule has 0 aromatic rings. The van der Waals surface area contributed by atoms with Crippen molar-refractivity contribution in [3.8, 4) is 0 Å². The zero-order valence-corrected chi connectivity index (χ0v) is 16.7. The molecule has 0 aliphatic rings. The van der Waals surface area contributed by atoms with E-state index in [2.05, 4.69) is 6.92 Å². The third-order valence-electron chi connectivity index (χ3n) is 4.03. The van der Waals surface area contributed by atoms with Gasteiger partial charge in [-0.1, -0.05) is 82.9 Å². The number of thioether (sulfide) groups is 1. The molecular formula is C18H34O3S2. The van der Waals surface area contributed by atoms with Gasteiger partial charge in [0.25, 0.3) is 0 Å². The molecule has 23 heavy (non-hydrogen) atoms. The van der Waals surface area contributed by atoms with E-state index in [1.54, 1.807) is 6.92 Å². The summed E-state index contributed by atoms with van der Waals surface area (Å²) in [6.07, 6.45) is 13.2. The summed E-state index contributed by atoms with van der Waals surface area (Å²) in [7, 11) is 0. The van der Waals surface area contributed by atoms with Crippen molar-refractivity contribution in [2.75, 3.05) is 6.61 Å². The number of carbonyl (C=O) groups is 1. The molecule has 1 unspecified atom stereocenters. The minimum absolute atomic E-state index is 0.337. The molecule has 0 spiro atoms. The van der Waals surface area contributed by atoms with E-state index in [4.69, 9.17) is 17.0 Å². The van der Waals surface area contributed by atoms with E-state index in [-0.39, 0.29) is 0 Å². The van der Waals surface area contributed by atoms with Crippen LogP contribution in [0.4, 0.5) is 0 Å². The van der Waals surface area contributed by atoms with Crippen LogP contribution in [0.25, 0.3) is 0 Å². The maximum atomic E-state index is 11.5. The Kier molecular flexibility index (Phi) is 13.9. The van der Waals surface area contributed by atoms with Crippen LogP contribution in [-0.4, -0.2) is 26.8 Å². The van der Waals surface area contributed by atoms with Gasteiger partial charge in [0, 0.05) is 0 Å². The van der Waals surface area contributed by atoms with Gasteiger partial charge in [-0.2, -0.15) is 0 Å². The standard InChI is InChI=1S/C18H34O3S2/c1-4-6-7-8-9-10-11-12-13-14-15-18(3,16(19)20)23-17(22)21-5-2/h4-15H2,1-3H3,(H,19,20). The zero-order valence-electron chi connectivity index (χ0n) is 15.1. The van der Waals surface area contributed by atoms with E-state index >= 15 is 0 Å². The first-order valence-corrected chi connectivity index (χ1v) is 10.3. The average Bonchev–Trinajstić information content (AvgIpc) is 2.49. The van der Waals surface area contributed by atoms with Crippen LogP contribution in [0.1, 0.15) is 91.4 Å². The van der Waals surface area contributed by atoms with E-state index in [9.17, 15) is 9.90 Å². The van der Waals surface area contributed by atoms with Crippen LogP contribution in [0.5, 0.6) is 0 Å². The first kappa shape index (κ1) is 22.7. The lowest BCUT2D eigenvalue weighted by atomic mass is 10.0. The van der Waals surface area contributed by atoms with Crippen LogP contribution in [0.2, 0.25) is 0 Å². The van der Waals surface area contributed by atoms with Crippen molar-refractivity contribution < 1.29 is 14.6 Å². The van der Waals surface area contributed by atoms with Gasteiger partial charge in [-0.3, -0.25) is 4.79 Å². The molecule has 0 saturated carbocycles. The van der Waals surface area contributed by atoms with Gasteiger partial charge < -0.3 is 9.84 Å². The summed E-state index contributed by atoms with van der Waals surface area (Å²) in [6.45, 7) is 6.33. The van der Waals surface area contributed by atoms with Crippen molar-refractivity contribution in [2.24, 2.45) is 0 Å². The predicted octanol–water partition coefficient (Wildman–Crippen LogP) is 6.20. The largest absolute Gasteiger partial charge is 0.480 e. The molecule has 1 N–H and O–H groups in total. The van der Waals surface area contributed by atoms with Crippen molar-refractivity contribution >= 4 is 34.3 Å². The van der Waals surface area contributed by atoms with Gasteiger partial charge >= 0.3 is 5.97 Å². The van der Waals surface area contributed by atoms with Crippen LogP contribution in [0.3, 0.4) is 0 Å². The summed E-state index contributed by atoms with van der Waals surface area (Å²) in [5.74, 6) is -0.805. The van der Waals surface area contributed by atoms with Crippen molar-refractivity contribution in [3.05, 3.63) is 0 Å².